The number of hydrogen-bond acceptors (Lipinski definition) is 5. The Morgan fingerprint density at radius 1 is 1.12 bits per heavy atom. The molecule has 0 radical (unpaired) electrons. The van der Waals surface area contributed by atoms with E-state index >= 15 is 0 Å². The van der Waals surface area contributed by atoms with Gasteiger partial charge < -0.3 is 4.74 Å². The summed E-state index contributed by atoms with van der Waals surface area (Å²) in [5.41, 5.74) is 1.04. The van der Waals surface area contributed by atoms with Gasteiger partial charge in [-0.05, 0) is 19.4 Å². The minimum Gasteiger partial charge on any atom is -0.456 e. The van der Waals surface area contributed by atoms with Gasteiger partial charge in [0.1, 0.15) is 13.2 Å². The third-order valence-electron chi connectivity index (χ3n) is 3.40. The van der Waals surface area contributed by atoms with Crippen LogP contribution in [0.3, 0.4) is 0 Å². The molecule has 1 N–H and O–H groups in total. The number of carbonyl (C=O) groups is 2. The second kappa shape index (κ2) is 7.54. The minimum atomic E-state index is -0.721. The van der Waals surface area contributed by atoms with Crippen LogP contribution in [0, 0.1) is 13.8 Å². The number of ketones is 1. The first-order valence-electron chi connectivity index (χ1n) is 7.38. The van der Waals surface area contributed by atoms with E-state index in [0.29, 0.717) is 5.56 Å². The summed E-state index contributed by atoms with van der Waals surface area (Å²) in [5, 5.41) is 0. The molecule has 0 aliphatic heterocycles. The van der Waals surface area contributed by atoms with E-state index < -0.39 is 17.2 Å². The summed E-state index contributed by atoms with van der Waals surface area (Å²) in [5.74, 6) is -0.960. The van der Waals surface area contributed by atoms with Crippen LogP contribution in [0.2, 0.25) is 0 Å². The van der Waals surface area contributed by atoms with Crippen LogP contribution in [0.25, 0.3) is 0 Å². The standard InChI is InChI=1S/C17H18N2O5/c1-11-3-5-13(6-4-11)7-14(20)10-24-15(21)9-19-8-12(2)16(22)18-17(19)23/h3-6,8H,7,9-10H2,1-2H3,(H,18,22,23). The third kappa shape index (κ3) is 4.77. The highest BCUT2D eigenvalue weighted by atomic mass is 16.5. The van der Waals surface area contributed by atoms with Crippen molar-refractivity contribution < 1.29 is 14.3 Å². The Balaban J connectivity index is 1.88. The smallest absolute Gasteiger partial charge is 0.328 e. The van der Waals surface area contributed by atoms with E-state index in [1.807, 2.05) is 31.2 Å². The van der Waals surface area contributed by atoms with Crippen molar-refractivity contribution in [1.82, 2.24) is 9.55 Å². The Morgan fingerprint density at radius 2 is 1.79 bits per heavy atom. The van der Waals surface area contributed by atoms with Gasteiger partial charge in [-0.1, -0.05) is 29.8 Å². The summed E-state index contributed by atoms with van der Waals surface area (Å²) in [6.45, 7) is 2.75. The molecule has 24 heavy (non-hydrogen) atoms. The molecule has 0 fully saturated rings. The molecule has 2 rings (SSSR count). The Bertz CT molecular complexity index is 862. The van der Waals surface area contributed by atoms with Gasteiger partial charge in [-0.2, -0.15) is 0 Å². The summed E-state index contributed by atoms with van der Waals surface area (Å²) in [4.78, 5) is 48.5. The molecule has 0 bridgehead atoms. The number of ether oxygens (including phenoxy) is 1. The van der Waals surface area contributed by atoms with Crippen LogP contribution in [0.5, 0.6) is 0 Å². The second-order valence-corrected chi connectivity index (χ2v) is 5.56. The van der Waals surface area contributed by atoms with E-state index in [9.17, 15) is 19.2 Å². The quantitative estimate of drug-likeness (QED) is 0.778. The fourth-order valence-corrected chi connectivity index (χ4v) is 2.07. The van der Waals surface area contributed by atoms with Crippen molar-refractivity contribution in [3.63, 3.8) is 0 Å². The number of carbonyl (C=O) groups excluding carboxylic acids is 2. The molecular formula is C17H18N2O5. The fourth-order valence-electron chi connectivity index (χ4n) is 2.07. The van der Waals surface area contributed by atoms with Crippen molar-refractivity contribution in [2.45, 2.75) is 26.8 Å². The lowest BCUT2D eigenvalue weighted by atomic mass is 10.1. The SMILES string of the molecule is Cc1ccc(CC(=O)COC(=O)Cn2cc(C)c(=O)[nH]c2=O)cc1. The number of rotatable bonds is 6. The lowest BCUT2D eigenvalue weighted by Crippen LogP contribution is -2.33. The van der Waals surface area contributed by atoms with E-state index in [2.05, 4.69) is 4.98 Å². The monoisotopic (exact) mass is 330 g/mol. The zero-order valence-corrected chi connectivity index (χ0v) is 13.5. The van der Waals surface area contributed by atoms with Gasteiger partial charge in [0.15, 0.2) is 5.78 Å². The number of Topliss-reactive ketones (excluding diaryl/α,β-unsaturated/α-hetero) is 1. The van der Waals surface area contributed by atoms with Crippen molar-refractivity contribution in [2.24, 2.45) is 0 Å². The topological polar surface area (TPSA) is 98.2 Å². The summed E-state index contributed by atoms with van der Waals surface area (Å²) < 4.78 is 5.92. The lowest BCUT2D eigenvalue weighted by Gasteiger charge is -2.07. The van der Waals surface area contributed by atoms with Crippen LogP contribution in [-0.2, 0) is 27.3 Å². The predicted octanol–water partition coefficient (Wildman–Crippen LogP) is 0.508. The Hall–Kier alpha value is -2.96. The molecule has 0 saturated carbocycles. The maximum atomic E-state index is 11.8. The van der Waals surface area contributed by atoms with E-state index in [-0.39, 0.29) is 25.4 Å². The molecular weight excluding hydrogens is 312 g/mol. The first-order valence-corrected chi connectivity index (χ1v) is 7.38. The van der Waals surface area contributed by atoms with Crippen LogP contribution in [0.4, 0.5) is 0 Å². The number of hydrogen-bond donors (Lipinski definition) is 1. The second-order valence-electron chi connectivity index (χ2n) is 5.56. The average molecular weight is 330 g/mol. The molecule has 1 aromatic carbocycles. The maximum absolute atomic E-state index is 11.8. The van der Waals surface area contributed by atoms with Gasteiger partial charge in [0.05, 0.1) is 0 Å². The number of benzene rings is 1. The van der Waals surface area contributed by atoms with Gasteiger partial charge in [0.2, 0.25) is 0 Å². The molecule has 7 nitrogen and oxygen atoms in total. The van der Waals surface area contributed by atoms with E-state index in [1.54, 1.807) is 0 Å². The largest absolute Gasteiger partial charge is 0.456 e. The number of aryl methyl sites for hydroxylation is 2. The highest BCUT2D eigenvalue weighted by Crippen LogP contribution is 2.04. The van der Waals surface area contributed by atoms with Gasteiger partial charge in [-0.3, -0.25) is 23.9 Å². The Kier molecular flexibility index (Phi) is 5.47. The van der Waals surface area contributed by atoms with Crippen molar-refractivity contribution >= 4 is 11.8 Å². The first kappa shape index (κ1) is 17.4. The molecule has 7 heteroatoms. The zero-order chi connectivity index (χ0) is 17.7. The van der Waals surface area contributed by atoms with Gasteiger partial charge in [0, 0.05) is 18.2 Å². The number of H-pyrrole nitrogens is 1. The molecule has 0 aliphatic carbocycles. The van der Waals surface area contributed by atoms with Crippen LogP contribution >= 0.6 is 0 Å². The van der Waals surface area contributed by atoms with Crippen molar-refractivity contribution in [3.8, 4) is 0 Å². The number of aromatic amines is 1. The van der Waals surface area contributed by atoms with E-state index in [1.165, 1.54) is 13.1 Å². The van der Waals surface area contributed by atoms with Crippen molar-refractivity contribution in [3.05, 3.63) is 68.0 Å². The number of aromatic nitrogens is 2. The van der Waals surface area contributed by atoms with Crippen LogP contribution in [0.15, 0.2) is 40.1 Å². The zero-order valence-electron chi connectivity index (χ0n) is 13.5. The van der Waals surface area contributed by atoms with Crippen LogP contribution < -0.4 is 11.2 Å². The maximum Gasteiger partial charge on any atom is 0.328 e. The molecule has 0 amide bonds. The molecule has 0 aliphatic rings. The summed E-state index contributed by atoms with van der Waals surface area (Å²) in [6, 6.07) is 7.49. The Labute approximate surface area is 137 Å². The molecule has 0 saturated heterocycles. The highest BCUT2D eigenvalue weighted by Gasteiger charge is 2.11. The normalized spacial score (nSPS) is 10.4. The fraction of sp³-hybridized carbons (Fsp3) is 0.294. The van der Waals surface area contributed by atoms with Crippen molar-refractivity contribution in [2.75, 3.05) is 6.61 Å². The van der Waals surface area contributed by atoms with Crippen LogP contribution in [-0.4, -0.2) is 27.9 Å². The summed E-state index contributed by atoms with van der Waals surface area (Å²) in [7, 11) is 0. The number of nitrogens with zero attached hydrogens (tertiary/aromatic N) is 1. The number of esters is 1. The predicted molar refractivity (Wildman–Crippen MR) is 86.9 cm³/mol. The van der Waals surface area contributed by atoms with Gasteiger partial charge in [0.25, 0.3) is 5.56 Å². The minimum absolute atomic E-state index is 0.172. The molecule has 0 unspecified atom stereocenters. The number of nitrogens with one attached hydrogen (secondary N) is 1. The van der Waals surface area contributed by atoms with E-state index in [4.69, 9.17) is 4.74 Å². The summed E-state index contributed by atoms with van der Waals surface area (Å²) >= 11 is 0. The van der Waals surface area contributed by atoms with Gasteiger partial charge in [-0.25, -0.2) is 4.79 Å². The first-order chi connectivity index (χ1) is 11.3. The van der Waals surface area contributed by atoms with Crippen molar-refractivity contribution in [1.29, 1.82) is 0 Å². The Morgan fingerprint density at radius 3 is 2.46 bits per heavy atom. The third-order valence-corrected chi connectivity index (χ3v) is 3.40. The van der Waals surface area contributed by atoms with Gasteiger partial charge in [-0.15, -0.1) is 0 Å². The van der Waals surface area contributed by atoms with Crippen LogP contribution in [0.1, 0.15) is 16.7 Å². The molecule has 1 aromatic heterocycles. The van der Waals surface area contributed by atoms with Gasteiger partial charge >= 0.3 is 11.7 Å². The lowest BCUT2D eigenvalue weighted by molar-refractivity contribution is -0.148. The van der Waals surface area contributed by atoms with E-state index in [0.717, 1.165) is 15.7 Å². The highest BCUT2D eigenvalue weighted by molar-refractivity contribution is 5.84. The molecule has 1 heterocycles. The summed E-state index contributed by atoms with van der Waals surface area (Å²) in [6.07, 6.45) is 1.45. The molecule has 0 atom stereocenters. The molecule has 126 valence electrons. The molecule has 2 aromatic rings. The molecule has 0 spiro atoms. The average Bonchev–Trinajstić information content (AvgIpc) is 2.53.